The normalized spacial score (nSPS) is 10.3. The van der Waals surface area contributed by atoms with Crippen molar-refractivity contribution < 1.29 is 4.42 Å². The maximum atomic E-state index is 5.26. The Morgan fingerprint density at radius 3 is 2.94 bits per heavy atom. The average molecular weight is 246 g/mol. The summed E-state index contributed by atoms with van der Waals surface area (Å²) in [4.78, 5) is 8.52. The summed E-state index contributed by atoms with van der Waals surface area (Å²) in [6, 6.07) is 5.72. The van der Waals surface area contributed by atoms with E-state index in [4.69, 9.17) is 4.42 Å². The Morgan fingerprint density at radius 1 is 1.22 bits per heavy atom. The van der Waals surface area contributed by atoms with Gasteiger partial charge in [0.25, 0.3) is 0 Å². The fourth-order valence-corrected chi connectivity index (χ4v) is 1.55. The molecule has 5 nitrogen and oxygen atoms in total. The van der Waals surface area contributed by atoms with Gasteiger partial charge in [-0.15, -0.1) is 0 Å². The van der Waals surface area contributed by atoms with Crippen LogP contribution in [0.2, 0.25) is 0 Å². The van der Waals surface area contributed by atoms with E-state index in [1.807, 2.05) is 18.2 Å². The van der Waals surface area contributed by atoms with Gasteiger partial charge in [-0.05, 0) is 24.6 Å². The molecule has 96 valence electrons. The van der Waals surface area contributed by atoms with Gasteiger partial charge in [0, 0.05) is 25.7 Å². The fourth-order valence-electron chi connectivity index (χ4n) is 1.55. The summed E-state index contributed by atoms with van der Waals surface area (Å²) < 4.78 is 5.26. The van der Waals surface area contributed by atoms with Crippen LogP contribution in [-0.4, -0.2) is 23.1 Å². The molecule has 2 aromatic heterocycles. The zero-order chi connectivity index (χ0) is 12.6. The second kappa shape index (κ2) is 6.64. The monoisotopic (exact) mass is 246 g/mol. The van der Waals surface area contributed by atoms with E-state index < -0.39 is 0 Å². The molecule has 0 amide bonds. The summed E-state index contributed by atoms with van der Waals surface area (Å²) in [5.41, 5.74) is 0. The van der Waals surface area contributed by atoms with Crippen molar-refractivity contribution in [3.8, 4) is 0 Å². The molecule has 0 bridgehead atoms. The molecule has 0 aliphatic rings. The van der Waals surface area contributed by atoms with Gasteiger partial charge in [0.05, 0.1) is 6.26 Å². The van der Waals surface area contributed by atoms with Crippen LogP contribution in [0.15, 0.2) is 35.1 Å². The maximum absolute atomic E-state index is 5.26. The van der Waals surface area contributed by atoms with Gasteiger partial charge in [0.1, 0.15) is 11.6 Å². The number of hydrogen-bond acceptors (Lipinski definition) is 5. The molecule has 0 saturated heterocycles. The van der Waals surface area contributed by atoms with Crippen LogP contribution in [0.3, 0.4) is 0 Å². The van der Waals surface area contributed by atoms with Gasteiger partial charge in [-0.3, -0.25) is 0 Å². The molecule has 0 atom stereocenters. The standard InChI is InChI=1S/C13H18N4O/c1-2-7-15-13-16-9-6-12(17-13)14-8-5-11-4-3-10-18-11/h3-4,6,9-10H,2,5,7-8H2,1H3,(H2,14,15,16,17). The summed E-state index contributed by atoms with van der Waals surface area (Å²) in [5.74, 6) is 2.47. The van der Waals surface area contributed by atoms with Crippen molar-refractivity contribution in [3.05, 3.63) is 36.4 Å². The van der Waals surface area contributed by atoms with Gasteiger partial charge in [-0.1, -0.05) is 6.92 Å². The Labute approximate surface area is 107 Å². The molecule has 18 heavy (non-hydrogen) atoms. The Balaban J connectivity index is 1.81. The van der Waals surface area contributed by atoms with Crippen molar-refractivity contribution >= 4 is 11.8 Å². The highest BCUT2D eigenvalue weighted by atomic mass is 16.3. The zero-order valence-corrected chi connectivity index (χ0v) is 10.5. The van der Waals surface area contributed by atoms with Crippen molar-refractivity contribution in [1.82, 2.24) is 9.97 Å². The van der Waals surface area contributed by atoms with Crippen molar-refractivity contribution in [1.29, 1.82) is 0 Å². The lowest BCUT2D eigenvalue weighted by molar-refractivity contribution is 0.513. The second-order valence-corrected chi connectivity index (χ2v) is 3.95. The van der Waals surface area contributed by atoms with E-state index >= 15 is 0 Å². The molecule has 0 unspecified atom stereocenters. The Morgan fingerprint density at radius 2 is 2.17 bits per heavy atom. The first-order valence-corrected chi connectivity index (χ1v) is 6.21. The molecule has 2 heterocycles. The van der Waals surface area contributed by atoms with Crippen LogP contribution in [-0.2, 0) is 6.42 Å². The zero-order valence-electron chi connectivity index (χ0n) is 10.5. The van der Waals surface area contributed by atoms with Gasteiger partial charge >= 0.3 is 0 Å². The topological polar surface area (TPSA) is 63.0 Å². The first-order valence-electron chi connectivity index (χ1n) is 6.21. The second-order valence-electron chi connectivity index (χ2n) is 3.95. The van der Waals surface area contributed by atoms with Crippen LogP contribution in [0.25, 0.3) is 0 Å². The molecule has 0 saturated carbocycles. The van der Waals surface area contributed by atoms with Crippen molar-refractivity contribution in [2.24, 2.45) is 0 Å². The highest BCUT2D eigenvalue weighted by molar-refractivity contribution is 5.39. The summed E-state index contributed by atoms with van der Waals surface area (Å²) in [6.07, 6.45) is 5.33. The quantitative estimate of drug-likeness (QED) is 0.786. The fraction of sp³-hybridized carbons (Fsp3) is 0.385. The third kappa shape index (κ3) is 3.76. The lowest BCUT2D eigenvalue weighted by Crippen LogP contribution is -2.09. The number of anilines is 2. The molecule has 0 fully saturated rings. The first-order chi connectivity index (χ1) is 8.88. The number of aromatic nitrogens is 2. The predicted octanol–water partition coefficient (Wildman–Crippen LogP) is 2.55. The number of nitrogens with zero attached hydrogens (tertiary/aromatic N) is 2. The molecule has 2 aromatic rings. The minimum Gasteiger partial charge on any atom is -0.469 e. The molecule has 0 radical (unpaired) electrons. The predicted molar refractivity (Wildman–Crippen MR) is 71.7 cm³/mol. The molecule has 0 spiro atoms. The van der Waals surface area contributed by atoms with E-state index in [1.54, 1.807) is 12.5 Å². The molecule has 2 rings (SSSR count). The van der Waals surface area contributed by atoms with Gasteiger partial charge in [-0.25, -0.2) is 4.98 Å². The molecular formula is C13H18N4O. The van der Waals surface area contributed by atoms with E-state index in [9.17, 15) is 0 Å². The Hall–Kier alpha value is -2.04. The number of rotatable bonds is 7. The summed E-state index contributed by atoms with van der Waals surface area (Å²) in [7, 11) is 0. The molecule has 0 aromatic carbocycles. The summed E-state index contributed by atoms with van der Waals surface area (Å²) in [5, 5.41) is 6.41. The Kier molecular flexibility index (Phi) is 4.58. The van der Waals surface area contributed by atoms with Gasteiger partial charge in [0.2, 0.25) is 5.95 Å². The average Bonchev–Trinajstić information content (AvgIpc) is 2.90. The van der Waals surface area contributed by atoms with E-state index in [1.165, 1.54) is 0 Å². The number of furan rings is 1. The largest absolute Gasteiger partial charge is 0.469 e. The Bertz CT molecular complexity index is 456. The van der Waals surface area contributed by atoms with E-state index in [2.05, 4.69) is 27.5 Å². The minimum atomic E-state index is 0.667. The van der Waals surface area contributed by atoms with Gasteiger partial charge < -0.3 is 15.1 Å². The van der Waals surface area contributed by atoms with Crippen LogP contribution < -0.4 is 10.6 Å². The first kappa shape index (κ1) is 12.4. The number of hydrogen-bond donors (Lipinski definition) is 2. The SMILES string of the molecule is CCCNc1nccc(NCCc2ccco2)n1. The van der Waals surface area contributed by atoms with Crippen molar-refractivity contribution in [2.75, 3.05) is 23.7 Å². The maximum Gasteiger partial charge on any atom is 0.224 e. The molecular weight excluding hydrogens is 228 g/mol. The van der Waals surface area contributed by atoms with Crippen LogP contribution >= 0.6 is 0 Å². The van der Waals surface area contributed by atoms with Crippen molar-refractivity contribution in [3.63, 3.8) is 0 Å². The van der Waals surface area contributed by atoms with Crippen LogP contribution in [0.1, 0.15) is 19.1 Å². The smallest absolute Gasteiger partial charge is 0.224 e. The van der Waals surface area contributed by atoms with Crippen LogP contribution in [0.4, 0.5) is 11.8 Å². The van der Waals surface area contributed by atoms with Gasteiger partial charge in [-0.2, -0.15) is 4.98 Å². The molecule has 0 aliphatic heterocycles. The highest BCUT2D eigenvalue weighted by Crippen LogP contribution is 2.06. The third-order valence-electron chi connectivity index (χ3n) is 2.45. The number of nitrogens with one attached hydrogen (secondary N) is 2. The minimum absolute atomic E-state index is 0.667. The van der Waals surface area contributed by atoms with Crippen LogP contribution in [0, 0.1) is 0 Å². The molecule has 2 N–H and O–H groups in total. The van der Waals surface area contributed by atoms with E-state index in [-0.39, 0.29) is 0 Å². The third-order valence-corrected chi connectivity index (χ3v) is 2.45. The van der Waals surface area contributed by atoms with Gasteiger partial charge in [0.15, 0.2) is 0 Å². The highest BCUT2D eigenvalue weighted by Gasteiger charge is 1.99. The van der Waals surface area contributed by atoms with E-state index in [0.717, 1.165) is 37.5 Å². The lowest BCUT2D eigenvalue weighted by atomic mass is 10.3. The van der Waals surface area contributed by atoms with Crippen molar-refractivity contribution in [2.45, 2.75) is 19.8 Å². The molecule has 5 heteroatoms. The summed E-state index contributed by atoms with van der Waals surface area (Å²) >= 11 is 0. The summed E-state index contributed by atoms with van der Waals surface area (Å²) in [6.45, 7) is 3.78. The molecule has 0 aliphatic carbocycles. The van der Waals surface area contributed by atoms with Crippen LogP contribution in [0.5, 0.6) is 0 Å². The lowest BCUT2D eigenvalue weighted by Gasteiger charge is -2.07. The van der Waals surface area contributed by atoms with E-state index in [0.29, 0.717) is 5.95 Å².